The number of fused-ring (bicyclic) bond motifs is 2. The molecule has 6 heteroatoms. The van der Waals surface area contributed by atoms with Gasteiger partial charge in [-0.15, -0.1) is 0 Å². The van der Waals surface area contributed by atoms with Gasteiger partial charge in [-0.2, -0.15) is 5.10 Å². The van der Waals surface area contributed by atoms with Crippen molar-refractivity contribution < 1.29 is 9.53 Å². The molecule has 144 valence electrons. The molecule has 2 aromatic carbocycles. The minimum atomic E-state index is -0.274. The van der Waals surface area contributed by atoms with Crippen LogP contribution in [0.3, 0.4) is 0 Å². The van der Waals surface area contributed by atoms with Crippen molar-refractivity contribution in [2.24, 2.45) is 5.92 Å². The molecule has 0 aliphatic carbocycles. The molecule has 1 aliphatic heterocycles. The summed E-state index contributed by atoms with van der Waals surface area (Å²) < 4.78 is 7.17. The lowest BCUT2D eigenvalue weighted by atomic mass is 9.96. The van der Waals surface area contributed by atoms with Crippen molar-refractivity contribution in [2.75, 3.05) is 13.2 Å². The Morgan fingerprint density at radius 3 is 2.68 bits per heavy atom. The molecule has 0 spiro atoms. The zero-order valence-electron chi connectivity index (χ0n) is 16.0. The van der Waals surface area contributed by atoms with E-state index in [1.54, 1.807) is 18.2 Å². The highest BCUT2D eigenvalue weighted by molar-refractivity contribution is 6.04. The van der Waals surface area contributed by atoms with E-state index in [0.717, 1.165) is 17.7 Å². The topological polar surface area (TPSA) is 73.2 Å². The summed E-state index contributed by atoms with van der Waals surface area (Å²) >= 11 is 0. The van der Waals surface area contributed by atoms with E-state index < -0.39 is 0 Å². The molecular weight excluding hydrogens is 354 g/mol. The zero-order chi connectivity index (χ0) is 19.7. The molecular formula is C22H23N3O3. The van der Waals surface area contributed by atoms with Crippen LogP contribution in [0.2, 0.25) is 0 Å². The molecule has 0 saturated heterocycles. The monoisotopic (exact) mass is 377 g/mol. The third-order valence-corrected chi connectivity index (χ3v) is 5.04. The van der Waals surface area contributed by atoms with Gasteiger partial charge in [-0.05, 0) is 38.0 Å². The van der Waals surface area contributed by atoms with Crippen molar-refractivity contribution in [2.45, 2.75) is 26.3 Å². The fourth-order valence-electron chi connectivity index (χ4n) is 3.57. The predicted octanol–water partition coefficient (Wildman–Crippen LogP) is 2.96. The number of amides is 1. The van der Waals surface area contributed by atoms with Crippen LogP contribution in [0, 0.1) is 5.92 Å². The van der Waals surface area contributed by atoms with Crippen LogP contribution in [0.25, 0.3) is 10.8 Å². The lowest BCUT2D eigenvalue weighted by Crippen LogP contribution is -2.36. The molecule has 0 fully saturated rings. The highest BCUT2D eigenvalue weighted by Gasteiger charge is 2.22. The first kappa shape index (κ1) is 18.2. The van der Waals surface area contributed by atoms with Gasteiger partial charge in [0.05, 0.1) is 18.0 Å². The van der Waals surface area contributed by atoms with E-state index in [2.05, 4.69) is 16.5 Å². The molecule has 3 aromatic rings. The van der Waals surface area contributed by atoms with Crippen molar-refractivity contribution >= 4 is 16.7 Å². The number of aromatic nitrogens is 2. The van der Waals surface area contributed by atoms with Crippen LogP contribution in [-0.2, 0) is 6.42 Å². The Hall–Kier alpha value is -3.15. The van der Waals surface area contributed by atoms with E-state index in [1.807, 2.05) is 38.1 Å². The van der Waals surface area contributed by atoms with Gasteiger partial charge in [-0.1, -0.05) is 36.4 Å². The summed E-state index contributed by atoms with van der Waals surface area (Å²) in [5.41, 5.74) is 1.25. The van der Waals surface area contributed by atoms with Crippen LogP contribution < -0.4 is 15.6 Å². The molecule has 6 nitrogen and oxygen atoms in total. The number of rotatable bonds is 4. The molecule has 1 aromatic heterocycles. The van der Waals surface area contributed by atoms with Gasteiger partial charge in [-0.25, -0.2) is 4.68 Å². The second kappa shape index (κ2) is 7.46. The Kier molecular flexibility index (Phi) is 4.86. The maximum atomic E-state index is 12.9. The standard InChI is InChI=1S/C22H23N3O3/c1-14(2)25-22(27)18-9-5-4-8-17(18)20(24-25)21(26)23-12-15-11-16-7-3-6-10-19(16)28-13-15/h3-10,14-15H,11-13H2,1-2H3,(H,23,26). The summed E-state index contributed by atoms with van der Waals surface area (Å²) in [5.74, 6) is 0.840. The number of nitrogens with zero attached hydrogens (tertiary/aromatic N) is 2. The van der Waals surface area contributed by atoms with E-state index in [9.17, 15) is 9.59 Å². The van der Waals surface area contributed by atoms with Crippen LogP contribution in [0.5, 0.6) is 5.75 Å². The van der Waals surface area contributed by atoms with Gasteiger partial charge in [0, 0.05) is 17.8 Å². The molecule has 1 N–H and O–H groups in total. The Bertz CT molecular complexity index is 1090. The number of carbonyl (C=O) groups is 1. The number of nitrogens with one attached hydrogen (secondary N) is 1. The summed E-state index contributed by atoms with van der Waals surface area (Å²) in [6.07, 6.45) is 0.857. The Morgan fingerprint density at radius 1 is 1.18 bits per heavy atom. The summed E-state index contributed by atoms with van der Waals surface area (Å²) in [6.45, 7) is 4.81. The molecule has 2 heterocycles. The van der Waals surface area contributed by atoms with Gasteiger partial charge < -0.3 is 10.1 Å². The summed E-state index contributed by atoms with van der Waals surface area (Å²) in [7, 11) is 0. The second-order valence-electron chi connectivity index (χ2n) is 7.44. The molecule has 1 atom stereocenters. The fourth-order valence-corrected chi connectivity index (χ4v) is 3.57. The largest absolute Gasteiger partial charge is 0.493 e. The maximum absolute atomic E-state index is 12.9. The maximum Gasteiger partial charge on any atom is 0.274 e. The number of benzene rings is 2. The lowest BCUT2D eigenvalue weighted by Gasteiger charge is -2.25. The third-order valence-electron chi connectivity index (χ3n) is 5.04. The number of hydrogen-bond acceptors (Lipinski definition) is 4. The minimum Gasteiger partial charge on any atom is -0.493 e. The molecule has 1 aliphatic rings. The van der Waals surface area contributed by atoms with Gasteiger partial charge in [0.25, 0.3) is 11.5 Å². The Labute approximate surface area is 163 Å². The Balaban J connectivity index is 1.56. The van der Waals surface area contributed by atoms with Crippen LogP contribution in [0.1, 0.15) is 35.9 Å². The van der Waals surface area contributed by atoms with E-state index in [0.29, 0.717) is 23.9 Å². The van der Waals surface area contributed by atoms with E-state index in [1.165, 1.54) is 4.68 Å². The van der Waals surface area contributed by atoms with Gasteiger partial charge in [0.15, 0.2) is 5.69 Å². The first-order valence-electron chi connectivity index (χ1n) is 9.55. The fraction of sp³-hybridized carbons (Fsp3) is 0.318. The number of para-hydroxylation sites is 1. The van der Waals surface area contributed by atoms with Gasteiger partial charge in [0.1, 0.15) is 5.75 Å². The minimum absolute atomic E-state index is 0.132. The average molecular weight is 377 g/mol. The Morgan fingerprint density at radius 2 is 1.89 bits per heavy atom. The molecule has 0 saturated carbocycles. The summed E-state index contributed by atoms with van der Waals surface area (Å²) in [4.78, 5) is 25.5. The zero-order valence-corrected chi connectivity index (χ0v) is 16.0. The molecule has 1 unspecified atom stereocenters. The van der Waals surface area contributed by atoms with E-state index >= 15 is 0 Å². The van der Waals surface area contributed by atoms with Crippen molar-refractivity contribution in [1.82, 2.24) is 15.1 Å². The van der Waals surface area contributed by atoms with E-state index in [4.69, 9.17) is 4.74 Å². The van der Waals surface area contributed by atoms with Crippen molar-refractivity contribution in [3.8, 4) is 5.75 Å². The first-order chi connectivity index (χ1) is 13.5. The van der Waals surface area contributed by atoms with Gasteiger partial charge >= 0.3 is 0 Å². The molecule has 28 heavy (non-hydrogen) atoms. The molecule has 0 bridgehead atoms. The predicted molar refractivity (Wildman–Crippen MR) is 108 cm³/mol. The van der Waals surface area contributed by atoms with Crippen LogP contribution in [-0.4, -0.2) is 28.8 Å². The number of hydrogen-bond donors (Lipinski definition) is 1. The highest BCUT2D eigenvalue weighted by Crippen LogP contribution is 2.26. The molecule has 1 amide bonds. The third kappa shape index (κ3) is 3.38. The SMILES string of the molecule is CC(C)n1nc(C(=O)NCC2COc3ccccc3C2)c2ccccc2c1=O. The van der Waals surface area contributed by atoms with Crippen molar-refractivity contribution in [1.29, 1.82) is 0 Å². The van der Waals surface area contributed by atoms with Gasteiger partial charge in [-0.3, -0.25) is 9.59 Å². The summed E-state index contributed by atoms with van der Waals surface area (Å²) in [6, 6.07) is 15.0. The number of carbonyl (C=O) groups excluding carboxylic acids is 1. The van der Waals surface area contributed by atoms with Crippen LogP contribution in [0.4, 0.5) is 0 Å². The smallest absolute Gasteiger partial charge is 0.274 e. The highest BCUT2D eigenvalue weighted by atomic mass is 16.5. The molecule has 4 rings (SSSR count). The molecule has 0 radical (unpaired) electrons. The lowest BCUT2D eigenvalue weighted by molar-refractivity contribution is 0.0933. The quantitative estimate of drug-likeness (QED) is 0.759. The number of ether oxygens (including phenoxy) is 1. The van der Waals surface area contributed by atoms with Gasteiger partial charge in [0.2, 0.25) is 0 Å². The van der Waals surface area contributed by atoms with Crippen molar-refractivity contribution in [3.05, 3.63) is 70.1 Å². The van der Waals surface area contributed by atoms with E-state index in [-0.39, 0.29) is 29.1 Å². The first-order valence-corrected chi connectivity index (χ1v) is 9.55. The van der Waals surface area contributed by atoms with Crippen LogP contribution >= 0.6 is 0 Å². The van der Waals surface area contributed by atoms with Crippen molar-refractivity contribution in [3.63, 3.8) is 0 Å². The summed E-state index contributed by atoms with van der Waals surface area (Å²) in [5, 5.41) is 8.42. The average Bonchev–Trinajstić information content (AvgIpc) is 2.72. The second-order valence-corrected chi connectivity index (χ2v) is 7.44. The normalized spacial score (nSPS) is 15.9. The van der Waals surface area contributed by atoms with Crippen LogP contribution in [0.15, 0.2) is 53.3 Å².